The van der Waals surface area contributed by atoms with Crippen LogP contribution >= 0.6 is 0 Å². The third kappa shape index (κ3) is 7.25. The van der Waals surface area contributed by atoms with Crippen molar-refractivity contribution in [1.29, 1.82) is 0 Å². The van der Waals surface area contributed by atoms with Gasteiger partial charge in [0.25, 0.3) is 0 Å². The number of carbonyl (C=O) groups is 3. The molecule has 0 radical (unpaired) electrons. The van der Waals surface area contributed by atoms with Crippen molar-refractivity contribution in [3.8, 4) is 0 Å². The molecule has 0 saturated carbocycles. The van der Waals surface area contributed by atoms with E-state index in [4.69, 9.17) is 4.55 Å². The fraction of sp³-hybridized carbons (Fsp3) is 0.600. The molecule has 1 aromatic rings. The average molecular weight is 447 g/mol. The van der Waals surface area contributed by atoms with Crippen LogP contribution in [-0.2, 0) is 24.3 Å². The first kappa shape index (κ1) is 23.5. The molecule has 2 atom stereocenters. The zero-order chi connectivity index (χ0) is 22.0. The highest BCUT2D eigenvalue weighted by molar-refractivity contribution is 7.80. The zero-order valence-electron chi connectivity index (χ0n) is 16.1. The van der Waals surface area contributed by atoms with Crippen LogP contribution < -0.4 is 16.2 Å². The van der Waals surface area contributed by atoms with E-state index >= 15 is 0 Å². The highest BCUT2D eigenvalue weighted by atomic mass is 32.3. The van der Waals surface area contributed by atoms with Crippen molar-refractivity contribution in [2.75, 3.05) is 26.2 Å². The van der Waals surface area contributed by atoms with Gasteiger partial charge in [-0.1, -0.05) is 0 Å². The van der Waals surface area contributed by atoms with Crippen LogP contribution in [0.25, 0.3) is 0 Å². The van der Waals surface area contributed by atoms with E-state index in [1.807, 2.05) is 29.6 Å². The third-order valence-corrected chi connectivity index (χ3v) is 4.89. The van der Waals surface area contributed by atoms with Gasteiger partial charge in [0.2, 0.25) is 12.8 Å². The number of rotatable bonds is 6. The molecule has 4 rings (SSSR count). The van der Waals surface area contributed by atoms with E-state index < -0.39 is 16.4 Å². The normalized spacial score (nSPS) is 22.4. The molecule has 30 heavy (non-hydrogen) atoms. The summed E-state index contributed by atoms with van der Waals surface area (Å²) in [4.78, 5) is 35.4. The Labute approximate surface area is 173 Å². The van der Waals surface area contributed by atoms with Crippen LogP contribution in [0.3, 0.4) is 0 Å². The quantitative estimate of drug-likeness (QED) is 0.174. The van der Waals surface area contributed by atoms with Crippen molar-refractivity contribution in [3.63, 3.8) is 0 Å². The van der Waals surface area contributed by atoms with Gasteiger partial charge in [0.15, 0.2) is 0 Å². The van der Waals surface area contributed by atoms with Crippen LogP contribution in [0.1, 0.15) is 25.3 Å². The van der Waals surface area contributed by atoms with Crippen molar-refractivity contribution >= 4 is 29.3 Å². The highest BCUT2D eigenvalue weighted by Crippen LogP contribution is 2.26. The van der Waals surface area contributed by atoms with Gasteiger partial charge in [-0.15, -0.1) is 4.28 Å². The van der Waals surface area contributed by atoms with Gasteiger partial charge < -0.3 is 14.8 Å². The first-order chi connectivity index (χ1) is 14.4. The number of fused-ring (bicyclic) bond motifs is 2. The number of hydrazine groups is 1. The lowest BCUT2D eigenvalue weighted by atomic mass is 10.1. The largest absolute Gasteiger partial charge is 0.418 e. The monoisotopic (exact) mass is 447 g/mol. The summed E-state index contributed by atoms with van der Waals surface area (Å²) in [5.41, 5.74) is 3.80. The smallest absolute Gasteiger partial charge is 0.333 e. The Hall–Kier alpha value is -2.75. The summed E-state index contributed by atoms with van der Waals surface area (Å²) < 4.78 is 35.7. The van der Waals surface area contributed by atoms with E-state index in [-0.39, 0.29) is 6.04 Å². The number of piperidine rings is 1. The van der Waals surface area contributed by atoms with Crippen LogP contribution in [-0.4, -0.2) is 83.6 Å². The topological polar surface area (TPSA) is 175 Å². The Balaban J connectivity index is 0.000000175. The Kier molecular flexibility index (Phi) is 8.97. The minimum absolute atomic E-state index is 0.266. The number of amides is 4. The molecule has 1 aromatic heterocycles. The lowest BCUT2D eigenvalue weighted by molar-refractivity contribution is -0.116. The Morgan fingerprint density at radius 2 is 1.97 bits per heavy atom. The fourth-order valence-electron chi connectivity index (χ4n) is 3.26. The minimum atomic E-state index is -4.60. The molecule has 0 aliphatic carbocycles. The number of hydroxylamine groups is 2. The van der Waals surface area contributed by atoms with E-state index in [1.165, 1.54) is 11.3 Å². The molecule has 3 aliphatic rings. The standard InChI is InChI=1S/C7H11N3.C6H10N2O5S.C2H4N2O2/c1-2-8-5-7(1)10-4-3-9-6-10;9-6-7-3-1-2-5(4-7)8(6)13-14(10,11)12;5-1-3-4-2-6/h3-4,6-8H,1-2,5H2;5H,1-4H2,(H,10,11,12);1-2H,(H,3,5)(H,4,6)/t7-;;/m0../s1. The lowest BCUT2D eigenvalue weighted by Crippen LogP contribution is -2.35. The molecule has 4 heterocycles. The van der Waals surface area contributed by atoms with E-state index in [1.54, 1.807) is 0 Å². The SMILES string of the molecule is O=C1N2CCCC(C2)N1OS(=O)(=O)O.O=CNNC=O.c1cn([C@H]2CCNC2)cn1. The van der Waals surface area contributed by atoms with Gasteiger partial charge in [0.05, 0.1) is 12.4 Å². The number of hydrogen-bond donors (Lipinski definition) is 4. The van der Waals surface area contributed by atoms with Crippen LogP contribution in [0, 0.1) is 0 Å². The lowest BCUT2D eigenvalue weighted by Gasteiger charge is -2.20. The number of aromatic nitrogens is 2. The van der Waals surface area contributed by atoms with Gasteiger partial charge in [-0.25, -0.2) is 9.78 Å². The summed E-state index contributed by atoms with van der Waals surface area (Å²) in [6, 6.07) is -0.120. The maximum absolute atomic E-state index is 11.4. The average Bonchev–Trinajstić information content (AvgIpc) is 3.46. The molecule has 15 heteroatoms. The minimum Gasteiger partial charge on any atom is -0.333 e. The zero-order valence-corrected chi connectivity index (χ0v) is 16.9. The molecule has 3 aliphatic heterocycles. The third-order valence-electron chi connectivity index (χ3n) is 4.54. The first-order valence-corrected chi connectivity index (χ1v) is 10.5. The van der Waals surface area contributed by atoms with Gasteiger partial charge >= 0.3 is 16.4 Å². The maximum Gasteiger partial charge on any atom is 0.418 e. The van der Waals surface area contributed by atoms with Crippen LogP contribution in [0.4, 0.5) is 4.79 Å². The summed E-state index contributed by atoms with van der Waals surface area (Å²) in [6.07, 6.45) is 9.23. The molecule has 3 saturated heterocycles. The van der Waals surface area contributed by atoms with Crippen molar-refractivity contribution < 1.29 is 31.6 Å². The van der Waals surface area contributed by atoms with Gasteiger partial charge in [-0.2, -0.15) is 13.5 Å². The molecule has 168 valence electrons. The summed E-state index contributed by atoms with van der Waals surface area (Å²) in [5.74, 6) is 0. The number of nitrogens with zero attached hydrogens (tertiary/aromatic N) is 4. The van der Waals surface area contributed by atoms with E-state index in [9.17, 15) is 22.8 Å². The molecular formula is C15H25N7O7S. The van der Waals surface area contributed by atoms with Crippen molar-refractivity contribution in [2.24, 2.45) is 0 Å². The molecular weight excluding hydrogens is 422 g/mol. The summed E-state index contributed by atoms with van der Waals surface area (Å²) in [7, 11) is -4.60. The van der Waals surface area contributed by atoms with E-state index in [2.05, 4.69) is 19.2 Å². The number of nitrogens with one attached hydrogen (secondary N) is 3. The second-order valence-corrected chi connectivity index (χ2v) is 7.54. The second-order valence-electron chi connectivity index (χ2n) is 6.53. The Morgan fingerprint density at radius 3 is 2.47 bits per heavy atom. The molecule has 0 aromatic carbocycles. The molecule has 1 unspecified atom stereocenters. The molecule has 4 amide bonds. The van der Waals surface area contributed by atoms with Crippen molar-refractivity contribution in [2.45, 2.75) is 31.3 Å². The molecule has 0 spiro atoms. The number of hydrogen-bond acceptors (Lipinski definition) is 8. The van der Waals surface area contributed by atoms with Gasteiger partial charge in [-0.05, 0) is 25.8 Å². The van der Waals surface area contributed by atoms with Crippen LogP contribution in [0.5, 0.6) is 0 Å². The molecule has 14 nitrogen and oxygen atoms in total. The number of carbonyl (C=O) groups excluding carboxylic acids is 3. The maximum atomic E-state index is 11.4. The Bertz CT molecular complexity index is 775. The number of urea groups is 1. The van der Waals surface area contributed by atoms with Crippen molar-refractivity contribution in [1.82, 2.24) is 35.7 Å². The van der Waals surface area contributed by atoms with Crippen molar-refractivity contribution in [3.05, 3.63) is 18.7 Å². The molecule has 3 fully saturated rings. The van der Waals surface area contributed by atoms with Gasteiger partial charge in [0, 0.05) is 38.1 Å². The van der Waals surface area contributed by atoms with Crippen LogP contribution in [0.15, 0.2) is 18.7 Å². The van der Waals surface area contributed by atoms with E-state index in [0.717, 1.165) is 24.6 Å². The predicted molar refractivity (Wildman–Crippen MR) is 102 cm³/mol. The van der Waals surface area contributed by atoms with Crippen LogP contribution in [0.2, 0.25) is 0 Å². The first-order valence-electron chi connectivity index (χ1n) is 9.17. The van der Waals surface area contributed by atoms with Gasteiger partial charge in [0.1, 0.15) is 0 Å². The Morgan fingerprint density at radius 1 is 1.23 bits per heavy atom. The fourth-order valence-corrected chi connectivity index (χ4v) is 3.65. The summed E-state index contributed by atoms with van der Waals surface area (Å²) in [5, 5.41) is 4.05. The summed E-state index contributed by atoms with van der Waals surface area (Å²) >= 11 is 0. The second kappa shape index (κ2) is 11.4. The van der Waals surface area contributed by atoms with E-state index in [0.29, 0.717) is 38.4 Å². The molecule has 4 N–H and O–H groups in total. The predicted octanol–water partition coefficient (Wildman–Crippen LogP) is -1.57. The molecule has 2 bridgehead atoms. The highest BCUT2D eigenvalue weighted by Gasteiger charge is 2.42. The number of imidazole rings is 1. The summed E-state index contributed by atoms with van der Waals surface area (Å²) in [6.45, 7) is 3.31. The van der Waals surface area contributed by atoms with Gasteiger partial charge in [-0.3, -0.25) is 25.0 Å².